The summed E-state index contributed by atoms with van der Waals surface area (Å²) in [6.07, 6.45) is 1.36. The number of rotatable bonds is 3. The topological polar surface area (TPSA) is 116 Å². The van der Waals surface area contributed by atoms with Crippen LogP contribution in [0.2, 0.25) is 0 Å². The summed E-state index contributed by atoms with van der Waals surface area (Å²) in [5.74, 6) is -0.159. The van der Waals surface area contributed by atoms with Gasteiger partial charge in [-0.15, -0.1) is 11.3 Å². The molecule has 0 aliphatic rings. The fraction of sp³-hybridized carbons (Fsp3) is 0. The lowest BCUT2D eigenvalue weighted by molar-refractivity contribution is 0.103. The average molecular weight is 330 g/mol. The highest BCUT2D eigenvalue weighted by Gasteiger charge is 2.14. The lowest BCUT2D eigenvalue weighted by Crippen LogP contribution is -2.17. The molecule has 0 saturated heterocycles. The van der Waals surface area contributed by atoms with Gasteiger partial charge in [0.25, 0.3) is 5.91 Å². The van der Waals surface area contributed by atoms with Crippen LogP contribution in [0.4, 0.5) is 5.82 Å². The van der Waals surface area contributed by atoms with Crippen molar-refractivity contribution in [3.8, 4) is 0 Å². The predicted molar refractivity (Wildman–Crippen MR) is 71.1 cm³/mol. The summed E-state index contributed by atoms with van der Waals surface area (Å²) in [6, 6.07) is 3.46. The summed E-state index contributed by atoms with van der Waals surface area (Å²) in [5, 5.41) is 20.3. The van der Waals surface area contributed by atoms with Gasteiger partial charge in [-0.05, 0) is 28.1 Å². The number of H-pyrrole nitrogens is 1. The number of carbonyl (C=O) groups is 1. The number of amides is 1. The number of nitrogens with zero attached hydrogens (tertiary/aromatic N) is 2. The monoisotopic (exact) mass is 329 g/mol. The van der Waals surface area contributed by atoms with E-state index in [4.69, 9.17) is 10.9 Å². The maximum absolute atomic E-state index is 11.9. The van der Waals surface area contributed by atoms with E-state index in [1.165, 1.54) is 17.5 Å². The zero-order chi connectivity index (χ0) is 13.1. The number of hydrogen-bond donors (Lipinski definition) is 4. The van der Waals surface area contributed by atoms with Crippen LogP contribution in [-0.4, -0.2) is 27.1 Å². The maximum Gasteiger partial charge on any atom is 0.266 e. The van der Waals surface area contributed by atoms with Crippen LogP contribution in [0.15, 0.2) is 27.3 Å². The van der Waals surface area contributed by atoms with E-state index in [0.29, 0.717) is 10.4 Å². The summed E-state index contributed by atoms with van der Waals surface area (Å²) in [7, 11) is 0. The van der Waals surface area contributed by atoms with Gasteiger partial charge < -0.3 is 16.3 Å². The second-order valence-electron chi connectivity index (χ2n) is 3.20. The lowest BCUT2D eigenvalue weighted by atomic mass is 10.3. The molecule has 0 fully saturated rings. The van der Waals surface area contributed by atoms with Crippen LogP contribution in [0.5, 0.6) is 0 Å². The second-order valence-corrected chi connectivity index (χ2v) is 5.66. The van der Waals surface area contributed by atoms with Gasteiger partial charge >= 0.3 is 0 Å². The Morgan fingerprint density at radius 3 is 3.00 bits per heavy atom. The average Bonchev–Trinajstić information content (AvgIpc) is 2.97. The Balaban J connectivity index is 2.20. The van der Waals surface area contributed by atoms with E-state index in [2.05, 4.69) is 36.6 Å². The van der Waals surface area contributed by atoms with Crippen LogP contribution in [0.25, 0.3) is 0 Å². The van der Waals surface area contributed by atoms with Gasteiger partial charge in [0.2, 0.25) is 0 Å². The highest BCUT2D eigenvalue weighted by atomic mass is 79.9. The molecule has 2 heterocycles. The molecule has 0 unspecified atom stereocenters. The molecule has 0 bridgehead atoms. The van der Waals surface area contributed by atoms with Crippen LogP contribution >= 0.6 is 27.3 Å². The van der Waals surface area contributed by atoms with Gasteiger partial charge in [0.15, 0.2) is 5.84 Å². The van der Waals surface area contributed by atoms with E-state index in [1.807, 2.05) is 0 Å². The Labute approximate surface area is 114 Å². The van der Waals surface area contributed by atoms with Gasteiger partial charge in [-0.25, -0.2) is 0 Å². The van der Waals surface area contributed by atoms with Crippen LogP contribution in [0.1, 0.15) is 15.2 Å². The standard InChI is InChI=1S/C9H8BrN5O2S/c10-6-2-1-5(18-6)9(16)13-8-4(3-12-14-8)7(11)15-17/h1-3,17H,(H2,11,15)(H2,12,13,14,16). The van der Waals surface area contributed by atoms with Crippen LogP contribution in [-0.2, 0) is 0 Å². The third kappa shape index (κ3) is 2.51. The number of aromatic nitrogens is 2. The number of oxime groups is 1. The van der Waals surface area contributed by atoms with E-state index < -0.39 is 0 Å². The molecule has 7 nitrogen and oxygen atoms in total. The lowest BCUT2D eigenvalue weighted by Gasteiger charge is -2.02. The molecule has 1 amide bonds. The number of thiophene rings is 1. The van der Waals surface area contributed by atoms with E-state index >= 15 is 0 Å². The van der Waals surface area contributed by atoms with Crippen molar-refractivity contribution < 1.29 is 10.0 Å². The van der Waals surface area contributed by atoms with Gasteiger partial charge in [0.05, 0.1) is 20.4 Å². The van der Waals surface area contributed by atoms with Gasteiger partial charge in [0.1, 0.15) is 5.82 Å². The maximum atomic E-state index is 11.9. The fourth-order valence-corrected chi connectivity index (χ4v) is 2.52. The molecule has 9 heteroatoms. The van der Waals surface area contributed by atoms with Crippen molar-refractivity contribution in [1.82, 2.24) is 10.2 Å². The third-order valence-electron chi connectivity index (χ3n) is 2.06. The predicted octanol–water partition coefficient (Wildman–Crippen LogP) is 1.58. The molecule has 94 valence electrons. The smallest absolute Gasteiger partial charge is 0.266 e. The van der Waals surface area contributed by atoms with Gasteiger partial charge in [0, 0.05) is 0 Å². The number of anilines is 1. The Bertz CT molecular complexity index is 606. The van der Waals surface area contributed by atoms with Crippen LogP contribution < -0.4 is 11.1 Å². The first-order chi connectivity index (χ1) is 8.61. The molecule has 0 aliphatic carbocycles. The molecule has 18 heavy (non-hydrogen) atoms. The van der Waals surface area contributed by atoms with Crippen molar-refractivity contribution in [3.63, 3.8) is 0 Å². The number of nitrogens with one attached hydrogen (secondary N) is 2. The zero-order valence-corrected chi connectivity index (χ0v) is 11.2. The molecular formula is C9H8BrN5O2S. The quantitative estimate of drug-likeness (QED) is 0.296. The van der Waals surface area contributed by atoms with E-state index in [-0.39, 0.29) is 17.6 Å². The Hall–Kier alpha value is -1.87. The first-order valence-corrected chi connectivity index (χ1v) is 6.30. The minimum atomic E-state index is -0.304. The van der Waals surface area contributed by atoms with Gasteiger partial charge in [-0.3, -0.25) is 9.89 Å². The molecule has 0 saturated carbocycles. The third-order valence-corrected chi connectivity index (χ3v) is 3.68. The van der Waals surface area contributed by atoms with Crippen LogP contribution in [0, 0.1) is 0 Å². The molecule has 2 aromatic rings. The minimum absolute atomic E-state index is 0.133. The molecule has 2 rings (SSSR count). The van der Waals surface area contributed by atoms with Crippen molar-refractivity contribution in [2.45, 2.75) is 0 Å². The summed E-state index contributed by atoms with van der Waals surface area (Å²) >= 11 is 4.57. The number of carbonyl (C=O) groups excluding carboxylic acids is 1. The molecule has 0 radical (unpaired) electrons. The number of nitrogens with two attached hydrogens (primary N) is 1. The minimum Gasteiger partial charge on any atom is -0.409 e. The van der Waals surface area contributed by atoms with Crippen molar-refractivity contribution in [2.75, 3.05) is 5.32 Å². The second kappa shape index (κ2) is 5.19. The summed E-state index contributed by atoms with van der Waals surface area (Å²) < 4.78 is 0.855. The molecule has 5 N–H and O–H groups in total. The van der Waals surface area contributed by atoms with Crippen molar-refractivity contribution in [3.05, 3.63) is 32.6 Å². The van der Waals surface area contributed by atoms with Gasteiger partial charge in [-0.2, -0.15) is 5.10 Å². The Kier molecular flexibility index (Phi) is 3.63. The van der Waals surface area contributed by atoms with Crippen LogP contribution in [0.3, 0.4) is 0 Å². The molecule has 0 aromatic carbocycles. The molecule has 0 atom stereocenters. The van der Waals surface area contributed by atoms with Crippen molar-refractivity contribution in [1.29, 1.82) is 0 Å². The number of halogens is 1. The Morgan fingerprint density at radius 1 is 1.61 bits per heavy atom. The highest BCUT2D eigenvalue weighted by molar-refractivity contribution is 9.11. The number of aromatic amines is 1. The first kappa shape index (κ1) is 12.6. The van der Waals surface area contributed by atoms with Gasteiger partial charge in [-0.1, -0.05) is 5.16 Å². The summed E-state index contributed by atoms with van der Waals surface area (Å²) in [5.41, 5.74) is 5.76. The summed E-state index contributed by atoms with van der Waals surface area (Å²) in [6.45, 7) is 0. The van der Waals surface area contributed by atoms with E-state index in [9.17, 15) is 4.79 Å². The van der Waals surface area contributed by atoms with Crippen molar-refractivity contribution >= 4 is 44.8 Å². The van der Waals surface area contributed by atoms with E-state index in [1.54, 1.807) is 12.1 Å². The fourth-order valence-electron chi connectivity index (χ4n) is 1.24. The molecule has 2 aromatic heterocycles. The highest BCUT2D eigenvalue weighted by Crippen LogP contribution is 2.23. The zero-order valence-electron chi connectivity index (χ0n) is 8.85. The van der Waals surface area contributed by atoms with Crippen molar-refractivity contribution in [2.24, 2.45) is 10.9 Å². The first-order valence-electron chi connectivity index (χ1n) is 4.69. The normalized spacial score (nSPS) is 11.5. The molecular weight excluding hydrogens is 322 g/mol. The van der Waals surface area contributed by atoms with E-state index in [0.717, 1.165) is 3.79 Å². The SMILES string of the molecule is NC(=NO)c1cn[nH]c1NC(=O)c1ccc(Br)s1. The largest absolute Gasteiger partial charge is 0.409 e. The number of hydrogen-bond acceptors (Lipinski definition) is 5. The molecule has 0 spiro atoms. The number of amidine groups is 1. The Morgan fingerprint density at radius 2 is 2.39 bits per heavy atom. The molecule has 0 aliphatic heterocycles. The summed E-state index contributed by atoms with van der Waals surface area (Å²) in [4.78, 5) is 12.4.